The SMILES string of the molecule is CCn1ncnc1CN1CCC(CNC(=O)c2ccc[nH]c2=O)C1. The van der Waals surface area contributed by atoms with Gasteiger partial charge in [0.25, 0.3) is 11.5 Å². The number of amides is 1. The van der Waals surface area contributed by atoms with Crippen molar-refractivity contribution < 1.29 is 4.79 Å². The van der Waals surface area contributed by atoms with E-state index in [0.717, 1.165) is 38.4 Å². The van der Waals surface area contributed by atoms with Gasteiger partial charge in [0, 0.05) is 25.8 Å². The quantitative estimate of drug-likeness (QED) is 0.791. The summed E-state index contributed by atoms with van der Waals surface area (Å²) >= 11 is 0. The number of nitrogens with zero attached hydrogens (tertiary/aromatic N) is 4. The highest BCUT2D eigenvalue weighted by Gasteiger charge is 2.24. The van der Waals surface area contributed by atoms with Gasteiger partial charge in [-0.2, -0.15) is 5.10 Å². The third kappa shape index (κ3) is 3.70. The van der Waals surface area contributed by atoms with Gasteiger partial charge in [-0.15, -0.1) is 0 Å². The molecule has 0 spiro atoms. The fourth-order valence-corrected chi connectivity index (χ4v) is 3.03. The molecule has 3 rings (SSSR count). The van der Waals surface area contributed by atoms with Gasteiger partial charge in [0.2, 0.25) is 0 Å². The third-order valence-electron chi connectivity index (χ3n) is 4.34. The summed E-state index contributed by atoms with van der Waals surface area (Å²) in [5, 5.41) is 7.05. The van der Waals surface area contributed by atoms with E-state index in [0.29, 0.717) is 12.5 Å². The third-order valence-corrected chi connectivity index (χ3v) is 4.34. The van der Waals surface area contributed by atoms with Gasteiger partial charge >= 0.3 is 0 Å². The van der Waals surface area contributed by atoms with Crippen LogP contribution < -0.4 is 10.9 Å². The fourth-order valence-electron chi connectivity index (χ4n) is 3.03. The minimum Gasteiger partial charge on any atom is -0.352 e. The van der Waals surface area contributed by atoms with Crippen molar-refractivity contribution in [1.82, 2.24) is 30.0 Å². The van der Waals surface area contributed by atoms with Crippen LogP contribution in [0.15, 0.2) is 29.5 Å². The lowest BCUT2D eigenvalue weighted by Crippen LogP contribution is -2.34. The van der Waals surface area contributed by atoms with Crippen molar-refractivity contribution in [3.05, 3.63) is 46.4 Å². The number of carbonyl (C=O) groups excluding carboxylic acids is 1. The number of aromatic amines is 1. The lowest BCUT2D eigenvalue weighted by atomic mass is 10.1. The second-order valence-electron chi connectivity index (χ2n) is 6.00. The van der Waals surface area contributed by atoms with Crippen LogP contribution in [0.3, 0.4) is 0 Å². The molecule has 24 heavy (non-hydrogen) atoms. The number of likely N-dealkylation sites (tertiary alicyclic amines) is 1. The maximum absolute atomic E-state index is 12.1. The molecule has 1 saturated heterocycles. The van der Waals surface area contributed by atoms with E-state index in [4.69, 9.17) is 0 Å². The average molecular weight is 330 g/mol. The van der Waals surface area contributed by atoms with E-state index in [9.17, 15) is 9.59 Å². The highest BCUT2D eigenvalue weighted by molar-refractivity contribution is 5.93. The smallest absolute Gasteiger partial charge is 0.260 e. The van der Waals surface area contributed by atoms with Gasteiger partial charge in [-0.1, -0.05) is 0 Å². The van der Waals surface area contributed by atoms with Crippen LogP contribution in [-0.2, 0) is 13.1 Å². The molecule has 8 nitrogen and oxygen atoms in total. The Hall–Kier alpha value is -2.48. The molecule has 8 heteroatoms. The predicted octanol–water partition coefficient (Wildman–Crippen LogP) is 0.238. The molecular formula is C16H22N6O2. The first-order chi connectivity index (χ1) is 11.7. The normalized spacial score (nSPS) is 18.0. The highest BCUT2D eigenvalue weighted by Crippen LogP contribution is 2.17. The lowest BCUT2D eigenvalue weighted by Gasteiger charge is -2.16. The summed E-state index contributed by atoms with van der Waals surface area (Å²) in [4.78, 5) is 32.8. The molecule has 1 atom stereocenters. The molecule has 1 aliphatic heterocycles. The van der Waals surface area contributed by atoms with Crippen LogP contribution >= 0.6 is 0 Å². The fraction of sp³-hybridized carbons (Fsp3) is 0.500. The minimum atomic E-state index is -0.359. The van der Waals surface area contributed by atoms with E-state index in [1.165, 1.54) is 12.3 Å². The minimum absolute atomic E-state index is 0.156. The summed E-state index contributed by atoms with van der Waals surface area (Å²) in [5.74, 6) is 1.04. The molecule has 2 N–H and O–H groups in total. The Labute approximate surface area is 139 Å². The van der Waals surface area contributed by atoms with Crippen molar-refractivity contribution in [1.29, 1.82) is 0 Å². The molecular weight excluding hydrogens is 308 g/mol. The monoisotopic (exact) mass is 330 g/mol. The number of aryl methyl sites for hydroxylation is 1. The van der Waals surface area contributed by atoms with Crippen LogP contribution in [0.1, 0.15) is 29.5 Å². The number of nitrogens with one attached hydrogen (secondary N) is 2. The Morgan fingerprint density at radius 1 is 1.50 bits per heavy atom. The van der Waals surface area contributed by atoms with Crippen molar-refractivity contribution in [2.45, 2.75) is 26.4 Å². The largest absolute Gasteiger partial charge is 0.352 e. The molecule has 1 fully saturated rings. The topological polar surface area (TPSA) is 95.9 Å². The first-order valence-corrected chi connectivity index (χ1v) is 8.22. The van der Waals surface area contributed by atoms with Crippen molar-refractivity contribution in [2.24, 2.45) is 5.92 Å². The van der Waals surface area contributed by atoms with Gasteiger partial charge in [-0.05, 0) is 37.9 Å². The van der Waals surface area contributed by atoms with Gasteiger partial charge in [-0.25, -0.2) is 9.67 Å². The molecule has 1 amide bonds. The van der Waals surface area contributed by atoms with E-state index >= 15 is 0 Å². The van der Waals surface area contributed by atoms with Gasteiger partial charge in [0.15, 0.2) is 0 Å². The summed E-state index contributed by atoms with van der Waals surface area (Å²) in [5.41, 5.74) is -0.203. The molecule has 0 bridgehead atoms. The van der Waals surface area contributed by atoms with Crippen molar-refractivity contribution >= 4 is 5.91 Å². The number of hydrogen-bond acceptors (Lipinski definition) is 5. The number of hydrogen-bond donors (Lipinski definition) is 2. The Balaban J connectivity index is 1.49. The van der Waals surface area contributed by atoms with Gasteiger partial charge in [0.05, 0.1) is 6.54 Å². The lowest BCUT2D eigenvalue weighted by molar-refractivity contribution is 0.0945. The molecule has 2 aromatic heterocycles. The molecule has 1 aliphatic rings. The summed E-state index contributed by atoms with van der Waals surface area (Å²) in [6, 6.07) is 3.18. The predicted molar refractivity (Wildman–Crippen MR) is 88.5 cm³/mol. The molecule has 0 aliphatic carbocycles. The van der Waals surface area contributed by atoms with Gasteiger partial charge in [-0.3, -0.25) is 14.5 Å². The molecule has 3 heterocycles. The molecule has 0 aromatic carbocycles. The van der Waals surface area contributed by atoms with Crippen LogP contribution in [0.5, 0.6) is 0 Å². The number of rotatable bonds is 6. The van der Waals surface area contributed by atoms with Crippen molar-refractivity contribution in [3.63, 3.8) is 0 Å². The van der Waals surface area contributed by atoms with Crippen molar-refractivity contribution in [2.75, 3.05) is 19.6 Å². The first kappa shape index (κ1) is 16.4. The van der Waals surface area contributed by atoms with E-state index in [1.807, 2.05) is 11.6 Å². The number of H-pyrrole nitrogens is 1. The van der Waals surface area contributed by atoms with Crippen LogP contribution in [0, 0.1) is 5.92 Å². The van der Waals surface area contributed by atoms with E-state index in [-0.39, 0.29) is 17.0 Å². The number of pyridine rings is 1. The average Bonchev–Trinajstić information content (AvgIpc) is 3.22. The first-order valence-electron chi connectivity index (χ1n) is 8.22. The summed E-state index contributed by atoms with van der Waals surface area (Å²) in [7, 11) is 0. The maximum atomic E-state index is 12.1. The van der Waals surface area contributed by atoms with Gasteiger partial charge < -0.3 is 10.3 Å². The Bertz CT molecular complexity index is 753. The highest BCUT2D eigenvalue weighted by atomic mass is 16.2. The Morgan fingerprint density at radius 2 is 2.38 bits per heavy atom. The second kappa shape index (κ2) is 7.39. The summed E-state index contributed by atoms with van der Waals surface area (Å²) < 4.78 is 1.90. The molecule has 0 radical (unpaired) electrons. The maximum Gasteiger partial charge on any atom is 0.260 e. The number of carbonyl (C=O) groups is 1. The standard InChI is InChI=1S/C16H22N6O2/c1-2-22-14(19-11-20-22)10-21-7-5-12(9-21)8-18-16(24)13-4-3-6-17-15(13)23/h3-4,6,11-12H,2,5,7-10H2,1H3,(H,17,23)(H,18,24). The van der Waals surface area contributed by atoms with E-state index in [2.05, 4.69) is 25.3 Å². The molecule has 128 valence electrons. The molecule has 2 aromatic rings. The van der Waals surface area contributed by atoms with Crippen LogP contribution in [0.2, 0.25) is 0 Å². The van der Waals surface area contributed by atoms with Gasteiger partial charge in [0.1, 0.15) is 17.7 Å². The number of aromatic nitrogens is 4. The van der Waals surface area contributed by atoms with Crippen molar-refractivity contribution in [3.8, 4) is 0 Å². The summed E-state index contributed by atoms with van der Waals surface area (Å²) in [6.45, 7) is 6.09. The summed E-state index contributed by atoms with van der Waals surface area (Å²) in [6.07, 6.45) is 4.12. The zero-order valence-electron chi connectivity index (χ0n) is 13.7. The van der Waals surface area contributed by atoms with Crippen LogP contribution in [0.4, 0.5) is 0 Å². The Morgan fingerprint density at radius 3 is 3.17 bits per heavy atom. The second-order valence-corrected chi connectivity index (χ2v) is 6.00. The van der Waals surface area contributed by atoms with E-state index in [1.54, 1.807) is 12.4 Å². The van der Waals surface area contributed by atoms with Crippen LogP contribution in [0.25, 0.3) is 0 Å². The van der Waals surface area contributed by atoms with Crippen LogP contribution in [-0.4, -0.2) is 50.2 Å². The molecule has 0 saturated carbocycles. The Kier molecular flexibility index (Phi) is 5.05. The van der Waals surface area contributed by atoms with E-state index < -0.39 is 0 Å². The zero-order valence-corrected chi connectivity index (χ0v) is 13.7. The molecule has 1 unspecified atom stereocenters. The zero-order chi connectivity index (χ0) is 16.9.